The number of aromatic carboxylic acids is 1. The summed E-state index contributed by atoms with van der Waals surface area (Å²) in [6.45, 7) is 14.4. The lowest BCUT2D eigenvalue weighted by Crippen LogP contribution is -2.19. The maximum atomic E-state index is 11.3. The maximum Gasteiger partial charge on any atom is 0.336 e. The van der Waals surface area contributed by atoms with E-state index in [0.29, 0.717) is 5.56 Å². The molecule has 0 bridgehead atoms. The lowest BCUT2D eigenvalue weighted by molar-refractivity contribution is 0.0695. The van der Waals surface area contributed by atoms with Gasteiger partial charge >= 0.3 is 5.97 Å². The molecule has 0 aliphatic carbocycles. The molecule has 0 spiro atoms. The zero-order valence-electron chi connectivity index (χ0n) is 11.9. The summed E-state index contributed by atoms with van der Waals surface area (Å²) in [5.41, 5.74) is 5.79. The van der Waals surface area contributed by atoms with Crippen LogP contribution in [0.5, 0.6) is 0 Å². The van der Waals surface area contributed by atoms with Crippen molar-refractivity contribution in [3.63, 3.8) is 0 Å². The first-order chi connectivity index (χ1) is 7.59. The van der Waals surface area contributed by atoms with Crippen molar-refractivity contribution < 1.29 is 9.90 Å². The number of carboxylic acids is 1. The van der Waals surface area contributed by atoms with E-state index >= 15 is 0 Å². The Morgan fingerprint density at radius 1 is 0.882 bits per heavy atom. The van der Waals surface area contributed by atoms with E-state index in [4.69, 9.17) is 0 Å². The molecule has 17 heavy (non-hydrogen) atoms. The van der Waals surface area contributed by atoms with E-state index in [2.05, 4.69) is 20.8 Å². The van der Waals surface area contributed by atoms with Crippen LogP contribution in [0, 0.1) is 27.7 Å². The minimum Gasteiger partial charge on any atom is -0.478 e. The zero-order chi connectivity index (χ0) is 13.5. The zero-order valence-corrected chi connectivity index (χ0v) is 11.9. The first-order valence-corrected chi connectivity index (χ1v) is 5.93. The molecule has 0 aliphatic heterocycles. The lowest BCUT2D eigenvalue weighted by Gasteiger charge is -2.28. The molecule has 0 aliphatic rings. The molecular weight excluding hydrogens is 212 g/mol. The fraction of sp³-hybridized carbons (Fsp3) is 0.533. The molecule has 0 heterocycles. The van der Waals surface area contributed by atoms with Crippen molar-refractivity contribution in [2.24, 2.45) is 0 Å². The average molecular weight is 234 g/mol. The summed E-state index contributed by atoms with van der Waals surface area (Å²) in [7, 11) is 0. The van der Waals surface area contributed by atoms with Gasteiger partial charge in [-0.15, -0.1) is 0 Å². The molecular formula is C15H22O2. The van der Waals surface area contributed by atoms with Gasteiger partial charge in [0.25, 0.3) is 0 Å². The molecule has 2 nitrogen and oxygen atoms in total. The molecule has 0 atom stereocenters. The Morgan fingerprint density at radius 3 is 1.47 bits per heavy atom. The molecule has 0 aromatic heterocycles. The SMILES string of the molecule is Cc1c(C)c(C(C)(C)C)c(C)c(C)c1C(=O)O. The van der Waals surface area contributed by atoms with Crippen LogP contribution in [0.4, 0.5) is 0 Å². The van der Waals surface area contributed by atoms with Gasteiger partial charge in [-0.05, 0) is 60.9 Å². The maximum absolute atomic E-state index is 11.3. The average Bonchev–Trinajstić information content (AvgIpc) is 2.12. The molecule has 0 fully saturated rings. The highest BCUT2D eigenvalue weighted by Gasteiger charge is 2.25. The van der Waals surface area contributed by atoms with Crippen LogP contribution in [0.25, 0.3) is 0 Å². The van der Waals surface area contributed by atoms with Crippen molar-refractivity contribution >= 4 is 5.97 Å². The molecule has 0 saturated heterocycles. The molecule has 1 rings (SSSR count). The Morgan fingerprint density at radius 2 is 1.24 bits per heavy atom. The van der Waals surface area contributed by atoms with Crippen molar-refractivity contribution in [3.8, 4) is 0 Å². The Kier molecular flexibility index (Phi) is 3.37. The van der Waals surface area contributed by atoms with Crippen LogP contribution >= 0.6 is 0 Å². The van der Waals surface area contributed by atoms with Gasteiger partial charge < -0.3 is 5.11 Å². The second-order valence-electron chi connectivity index (χ2n) is 5.81. The van der Waals surface area contributed by atoms with Crippen LogP contribution in [0.2, 0.25) is 0 Å². The lowest BCUT2D eigenvalue weighted by atomic mass is 9.77. The number of benzene rings is 1. The first-order valence-electron chi connectivity index (χ1n) is 5.93. The van der Waals surface area contributed by atoms with E-state index in [0.717, 1.165) is 22.3 Å². The highest BCUT2D eigenvalue weighted by molar-refractivity contribution is 5.92. The predicted molar refractivity (Wildman–Crippen MR) is 71.0 cm³/mol. The Balaban J connectivity index is 3.77. The van der Waals surface area contributed by atoms with Gasteiger partial charge in [0.15, 0.2) is 0 Å². The second-order valence-corrected chi connectivity index (χ2v) is 5.81. The van der Waals surface area contributed by atoms with Gasteiger partial charge in [-0.1, -0.05) is 20.8 Å². The summed E-state index contributed by atoms with van der Waals surface area (Å²) in [6, 6.07) is 0. The van der Waals surface area contributed by atoms with Crippen molar-refractivity contribution in [3.05, 3.63) is 33.4 Å². The second kappa shape index (κ2) is 4.17. The number of rotatable bonds is 1. The molecule has 2 heteroatoms. The number of hydrogen-bond acceptors (Lipinski definition) is 1. The molecule has 0 unspecified atom stereocenters. The van der Waals surface area contributed by atoms with Crippen molar-refractivity contribution in [2.45, 2.75) is 53.9 Å². The van der Waals surface area contributed by atoms with Crippen LogP contribution < -0.4 is 0 Å². The topological polar surface area (TPSA) is 37.3 Å². The minimum atomic E-state index is -0.827. The van der Waals surface area contributed by atoms with Gasteiger partial charge in [-0.3, -0.25) is 0 Å². The van der Waals surface area contributed by atoms with E-state index in [9.17, 15) is 9.90 Å². The third-order valence-electron chi connectivity index (χ3n) is 3.59. The Bertz CT molecular complexity index is 448. The molecule has 0 amide bonds. The summed E-state index contributed by atoms with van der Waals surface area (Å²) in [5, 5.41) is 9.29. The normalized spacial score (nSPS) is 11.7. The summed E-state index contributed by atoms with van der Waals surface area (Å²) in [4.78, 5) is 11.3. The number of hydrogen-bond donors (Lipinski definition) is 1. The van der Waals surface area contributed by atoms with Crippen LogP contribution in [-0.2, 0) is 5.41 Å². The van der Waals surface area contributed by atoms with Crippen molar-refractivity contribution in [2.75, 3.05) is 0 Å². The molecule has 1 aromatic rings. The summed E-state index contributed by atoms with van der Waals surface area (Å²) in [6.07, 6.45) is 0. The van der Waals surface area contributed by atoms with Gasteiger partial charge in [0.2, 0.25) is 0 Å². The third-order valence-corrected chi connectivity index (χ3v) is 3.59. The molecule has 94 valence electrons. The van der Waals surface area contributed by atoms with Crippen LogP contribution in [0.3, 0.4) is 0 Å². The van der Waals surface area contributed by atoms with Crippen molar-refractivity contribution in [1.82, 2.24) is 0 Å². The van der Waals surface area contributed by atoms with Gasteiger partial charge in [-0.25, -0.2) is 4.79 Å². The van der Waals surface area contributed by atoms with Crippen LogP contribution in [0.15, 0.2) is 0 Å². The predicted octanol–water partition coefficient (Wildman–Crippen LogP) is 3.92. The minimum absolute atomic E-state index is 0.0424. The van der Waals surface area contributed by atoms with Crippen LogP contribution in [0.1, 0.15) is 58.9 Å². The van der Waals surface area contributed by atoms with Gasteiger partial charge in [0.1, 0.15) is 0 Å². The summed E-state index contributed by atoms with van der Waals surface area (Å²) in [5.74, 6) is -0.827. The smallest absolute Gasteiger partial charge is 0.336 e. The quantitative estimate of drug-likeness (QED) is 0.799. The van der Waals surface area contributed by atoms with E-state index in [-0.39, 0.29) is 5.41 Å². The summed E-state index contributed by atoms with van der Waals surface area (Å²) >= 11 is 0. The number of carboxylic acid groups (broad SMARTS) is 1. The number of carbonyl (C=O) groups is 1. The van der Waals surface area contributed by atoms with E-state index < -0.39 is 5.97 Å². The highest BCUT2D eigenvalue weighted by atomic mass is 16.4. The Hall–Kier alpha value is -1.31. The highest BCUT2D eigenvalue weighted by Crippen LogP contribution is 2.34. The van der Waals surface area contributed by atoms with E-state index in [1.165, 1.54) is 5.56 Å². The summed E-state index contributed by atoms with van der Waals surface area (Å²) < 4.78 is 0. The third kappa shape index (κ3) is 2.21. The van der Waals surface area contributed by atoms with Gasteiger partial charge in [-0.2, -0.15) is 0 Å². The molecule has 0 saturated carbocycles. The Labute approximate surface area is 104 Å². The van der Waals surface area contributed by atoms with E-state index in [1.54, 1.807) is 0 Å². The fourth-order valence-electron chi connectivity index (χ4n) is 2.76. The molecule has 1 aromatic carbocycles. The van der Waals surface area contributed by atoms with Crippen LogP contribution in [-0.4, -0.2) is 11.1 Å². The fourth-order valence-corrected chi connectivity index (χ4v) is 2.76. The van der Waals surface area contributed by atoms with E-state index in [1.807, 2.05) is 27.7 Å². The van der Waals surface area contributed by atoms with Gasteiger partial charge in [0.05, 0.1) is 5.56 Å². The molecule has 0 radical (unpaired) electrons. The standard InChI is InChI=1S/C15H22O2/c1-8-10(3)13(15(5,6)7)11(4)9(2)12(8)14(16)17/h1-7H3,(H,16,17). The monoisotopic (exact) mass is 234 g/mol. The van der Waals surface area contributed by atoms with Gasteiger partial charge in [0, 0.05) is 0 Å². The van der Waals surface area contributed by atoms with Crippen molar-refractivity contribution in [1.29, 1.82) is 0 Å². The largest absolute Gasteiger partial charge is 0.478 e. The molecule has 1 N–H and O–H groups in total. The first kappa shape index (κ1) is 13.8.